The van der Waals surface area contributed by atoms with E-state index < -0.39 is 14.3 Å². The van der Waals surface area contributed by atoms with E-state index in [2.05, 4.69) is 102 Å². The molecule has 4 rings (SSSR count). The molecule has 41 heavy (non-hydrogen) atoms. The van der Waals surface area contributed by atoms with Crippen LogP contribution in [0.15, 0.2) is 97.1 Å². The standard InChI is InChI=1S/C36H45NO2P2/c1-28-8-16-32(17-9-28)40(38,33-18-10-29(2)11-19-33)26-24-37(36(5,6)7)25-27-41(39,34-20-12-30(3)13-21-34)35-22-14-31(4)15-23-35/h8-23H,24-27H2,1-7H3. The molecule has 3 nitrogen and oxygen atoms in total. The fraction of sp³-hybridized carbons (Fsp3) is 0.333. The average Bonchev–Trinajstić information content (AvgIpc) is 2.93. The van der Waals surface area contributed by atoms with Gasteiger partial charge in [0.15, 0.2) is 0 Å². The molecule has 0 atom stereocenters. The molecule has 0 fully saturated rings. The number of aryl methyl sites for hydroxylation is 4. The van der Waals surface area contributed by atoms with Gasteiger partial charge in [0.05, 0.1) is 0 Å². The largest absolute Gasteiger partial charge is 0.314 e. The summed E-state index contributed by atoms with van der Waals surface area (Å²) in [4.78, 5) is 2.37. The van der Waals surface area contributed by atoms with E-state index in [1.165, 1.54) is 0 Å². The highest BCUT2D eigenvalue weighted by Crippen LogP contribution is 2.45. The Morgan fingerprint density at radius 3 is 0.878 bits per heavy atom. The summed E-state index contributed by atoms with van der Waals surface area (Å²) >= 11 is 0. The van der Waals surface area contributed by atoms with Gasteiger partial charge in [-0.1, -0.05) is 119 Å². The normalized spacial score (nSPS) is 12.6. The molecule has 0 aliphatic carbocycles. The molecule has 0 radical (unpaired) electrons. The number of nitrogens with zero attached hydrogens (tertiary/aromatic N) is 1. The Hall–Kier alpha value is -2.70. The second kappa shape index (κ2) is 12.7. The van der Waals surface area contributed by atoms with Crippen LogP contribution >= 0.6 is 14.3 Å². The Bertz CT molecular complexity index is 1320. The first-order valence-corrected chi connectivity index (χ1v) is 18.3. The van der Waals surface area contributed by atoms with Crippen molar-refractivity contribution in [1.82, 2.24) is 4.90 Å². The van der Waals surface area contributed by atoms with E-state index in [9.17, 15) is 9.13 Å². The van der Waals surface area contributed by atoms with Crippen molar-refractivity contribution in [2.45, 2.75) is 54.0 Å². The number of hydrogen-bond acceptors (Lipinski definition) is 3. The Balaban J connectivity index is 1.66. The molecule has 0 bridgehead atoms. The van der Waals surface area contributed by atoms with Crippen molar-refractivity contribution < 1.29 is 9.13 Å². The third kappa shape index (κ3) is 7.39. The number of hydrogen-bond donors (Lipinski definition) is 0. The number of benzene rings is 4. The van der Waals surface area contributed by atoms with Crippen LogP contribution in [-0.4, -0.2) is 35.9 Å². The zero-order valence-electron chi connectivity index (χ0n) is 25.7. The smallest absolute Gasteiger partial charge is 0.144 e. The van der Waals surface area contributed by atoms with Crippen LogP contribution in [0.3, 0.4) is 0 Å². The second-order valence-corrected chi connectivity index (χ2v) is 18.3. The molecule has 0 saturated carbocycles. The van der Waals surface area contributed by atoms with Crippen molar-refractivity contribution in [2.24, 2.45) is 0 Å². The van der Waals surface area contributed by atoms with Crippen LogP contribution in [0, 0.1) is 27.7 Å². The van der Waals surface area contributed by atoms with Crippen molar-refractivity contribution >= 4 is 35.5 Å². The van der Waals surface area contributed by atoms with Gasteiger partial charge in [-0.05, 0) is 48.5 Å². The average molecular weight is 586 g/mol. The van der Waals surface area contributed by atoms with E-state index in [4.69, 9.17) is 0 Å². The fourth-order valence-corrected chi connectivity index (χ4v) is 10.5. The maximum atomic E-state index is 14.9. The summed E-state index contributed by atoms with van der Waals surface area (Å²) in [7, 11) is -5.78. The molecule has 0 aromatic heterocycles. The molecule has 4 aromatic carbocycles. The van der Waals surface area contributed by atoms with Crippen molar-refractivity contribution in [3.8, 4) is 0 Å². The fourth-order valence-electron chi connectivity index (χ4n) is 5.26. The minimum absolute atomic E-state index is 0.184. The first-order valence-electron chi connectivity index (χ1n) is 14.5. The van der Waals surface area contributed by atoms with Gasteiger partial charge in [0.2, 0.25) is 0 Å². The summed E-state index contributed by atoms with van der Waals surface area (Å²) in [5, 5.41) is 3.58. The highest BCUT2D eigenvalue weighted by atomic mass is 31.2. The van der Waals surface area contributed by atoms with Gasteiger partial charge in [0.25, 0.3) is 0 Å². The molecule has 0 N–H and O–H groups in total. The van der Waals surface area contributed by atoms with Gasteiger partial charge in [0, 0.05) is 52.2 Å². The highest BCUT2D eigenvalue weighted by molar-refractivity contribution is 7.79. The van der Waals surface area contributed by atoms with Crippen LogP contribution in [0.1, 0.15) is 43.0 Å². The van der Waals surface area contributed by atoms with Crippen molar-refractivity contribution in [1.29, 1.82) is 0 Å². The van der Waals surface area contributed by atoms with E-state index in [1.54, 1.807) is 0 Å². The van der Waals surface area contributed by atoms with Crippen molar-refractivity contribution in [3.05, 3.63) is 119 Å². The van der Waals surface area contributed by atoms with E-state index in [0.717, 1.165) is 43.5 Å². The van der Waals surface area contributed by atoms with Crippen LogP contribution in [0.2, 0.25) is 0 Å². The lowest BCUT2D eigenvalue weighted by atomic mass is 10.1. The van der Waals surface area contributed by atoms with E-state index >= 15 is 0 Å². The summed E-state index contributed by atoms with van der Waals surface area (Å²) in [6.45, 7) is 16.1. The SMILES string of the molecule is Cc1ccc(P(=O)(CCN(CCP(=O)(c2ccc(C)cc2)c2ccc(C)cc2)C(C)(C)C)c2ccc(C)cc2)cc1. The molecule has 0 unspecified atom stereocenters. The third-order valence-electron chi connectivity index (χ3n) is 8.12. The Morgan fingerprint density at radius 1 is 0.463 bits per heavy atom. The first-order chi connectivity index (χ1) is 19.3. The molecule has 0 heterocycles. The molecule has 216 valence electrons. The van der Waals surface area contributed by atoms with Crippen LogP contribution < -0.4 is 21.2 Å². The maximum absolute atomic E-state index is 14.9. The minimum atomic E-state index is -2.89. The van der Waals surface area contributed by atoms with E-state index in [-0.39, 0.29) is 5.54 Å². The lowest BCUT2D eigenvalue weighted by molar-refractivity contribution is 0.155. The van der Waals surface area contributed by atoms with Gasteiger partial charge in [-0.25, -0.2) is 0 Å². The van der Waals surface area contributed by atoms with Crippen molar-refractivity contribution in [2.75, 3.05) is 25.4 Å². The maximum Gasteiger partial charge on any atom is 0.144 e. The molecule has 0 aliphatic rings. The Morgan fingerprint density at radius 2 is 0.683 bits per heavy atom. The molecular weight excluding hydrogens is 540 g/mol. The molecular formula is C36H45NO2P2. The van der Waals surface area contributed by atoms with Gasteiger partial charge >= 0.3 is 0 Å². The van der Waals surface area contributed by atoms with E-state index in [1.807, 2.05) is 48.5 Å². The van der Waals surface area contributed by atoms with Gasteiger partial charge in [0.1, 0.15) is 14.3 Å². The lowest BCUT2D eigenvalue weighted by Gasteiger charge is -2.37. The van der Waals surface area contributed by atoms with Gasteiger partial charge in [-0.15, -0.1) is 0 Å². The first kappa shape index (κ1) is 31.2. The molecule has 0 amide bonds. The second-order valence-electron chi connectivity index (χ2n) is 12.4. The predicted octanol–water partition coefficient (Wildman–Crippen LogP) is 7.35. The van der Waals surface area contributed by atoms with Crippen LogP contribution in [0.4, 0.5) is 0 Å². The minimum Gasteiger partial charge on any atom is -0.314 e. The zero-order chi connectivity index (χ0) is 29.8. The summed E-state index contributed by atoms with van der Waals surface area (Å²) in [5.41, 5.74) is 4.44. The third-order valence-corrected chi connectivity index (χ3v) is 14.3. The van der Waals surface area contributed by atoms with Gasteiger partial charge in [-0.3, -0.25) is 4.90 Å². The topological polar surface area (TPSA) is 37.4 Å². The van der Waals surface area contributed by atoms with E-state index in [0.29, 0.717) is 25.4 Å². The monoisotopic (exact) mass is 585 g/mol. The van der Waals surface area contributed by atoms with Gasteiger partial charge < -0.3 is 9.13 Å². The summed E-state index contributed by atoms with van der Waals surface area (Å²) in [6, 6.07) is 32.6. The van der Waals surface area contributed by atoms with Crippen LogP contribution in [0.25, 0.3) is 0 Å². The summed E-state index contributed by atoms with van der Waals surface area (Å²) in [6.07, 6.45) is 1.05. The quantitative estimate of drug-likeness (QED) is 0.183. The molecule has 0 spiro atoms. The Labute approximate surface area is 247 Å². The summed E-state index contributed by atoms with van der Waals surface area (Å²) < 4.78 is 29.8. The van der Waals surface area contributed by atoms with Crippen LogP contribution in [-0.2, 0) is 9.13 Å². The molecule has 0 aliphatic heterocycles. The Kier molecular flexibility index (Phi) is 9.65. The zero-order valence-corrected chi connectivity index (χ0v) is 27.5. The highest BCUT2D eigenvalue weighted by Gasteiger charge is 2.33. The summed E-state index contributed by atoms with van der Waals surface area (Å²) in [5.74, 6) is 0. The van der Waals surface area contributed by atoms with Crippen molar-refractivity contribution in [3.63, 3.8) is 0 Å². The predicted molar refractivity (Wildman–Crippen MR) is 180 cm³/mol. The van der Waals surface area contributed by atoms with Gasteiger partial charge in [-0.2, -0.15) is 0 Å². The van der Waals surface area contributed by atoms with Crippen LogP contribution in [0.5, 0.6) is 0 Å². The lowest BCUT2D eigenvalue weighted by Crippen LogP contribution is -2.45. The molecule has 5 heteroatoms. The number of rotatable bonds is 10. The molecule has 0 saturated heterocycles. The molecule has 4 aromatic rings.